The van der Waals surface area contributed by atoms with E-state index in [1.165, 1.54) is 12.1 Å². The summed E-state index contributed by atoms with van der Waals surface area (Å²) in [5.74, 6) is -0.730. The van der Waals surface area contributed by atoms with Crippen molar-refractivity contribution in [3.05, 3.63) is 64.6 Å². The Bertz CT molecular complexity index is 920. The van der Waals surface area contributed by atoms with Gasteiger partial charge in [0, 0.05) is 24.0 Å². The van der Waals surface area contributed by atoms with Crippen molar-refractivity contribution in [2.75, 3.05) is 6.54 Å². The number of carbonyl (C=O) groups excluding carboxylic acids is 2. The Hall–Kier alpha value is -2.23. The first-order chi connectivity index (χ1) is 13.3. The second-order valence-electron chi connectivity index (χ2n) is 6.10. The van der Waals surface area contributed by atoms with Crippen LogP contribution in [0.15, 0.2) is 64.0 Å². The monoisotopic (exact) mass is 467 g/mol. The Morgan fingerprint density at radius 3 is 2.46 bits per heavy atom. The topological polar surface area (TPSA) is 104 Å². The summed E-state index contributed by atoms with van der Waals surface area (Å²) in [7, 11) is -3.70. The van der Waals surface area contributed by atoms with Gasteiger partial charge in [-0.25, -0.2) is 13.1 Å². The van der Waals surface area contributed by atoms with E-state index >= 15 is 0 Å². The molecule has 2 amide bonds. The average Bonchev–Trinajstić information content (AvgIpc) is 2.66. The van der Waals surface area contributed by atoms with Crippen LogP contribution in [0.25, 0.3) is 0 Å². The number of halogens is 1. The molecule has 0 fully saturated rings. The molecule has 0 aliphatic rings. The highest BCUT2D eigenvalue weighted by Crippen LogP contribution is 2.15. The number of benzene rings is 2. The molecule has 9 heteroatoms. The summed E-state index contributed by atoms with van der Waals surface area (Å²) < 4.78 is 27.4. The van der Waals surface area contributed by atoms with Crippen LogP contribution in [0.3, 0.4) is 0 Å². The van der Waals surface area contributed by atoms with Crippen molar-refractivity contribution in [1.82, 2.24) is 15.4 Å². The zero-order valence-corrected chi connectivity index (χ0v) is 17.7. The van der Waals surface area contributed by atoms with E-state index in [1.807, 2.05) is 30.3 Å². The van der Waals surface area contributed by atoms with Crippen molar-refractivity contribution < 1.29 is 18.0 Å². The van der Waals surface area contributed by atoms with Crippen LogP contribution in [-0.4, -0.2) is 32.8 Å². The lowest BCUT2D eigenvalue weighted by molar-refractivity contribution is -0.128. The van der Waals surface area contributed by atoms with E-state index in [0.29, 0.717) is 11.0 Å². The third-order valence-electron chi connectivity index (χ3n) is 3.83. The molecule has 28 heavy (non-hydrogen) atoms. The fourth-order valence-electron chi connectivity index (χ4n) is 2.33. The van der Waals surface area contributed by atoms with Crippen LogP contribution < -0.4 is 15.4 Å². The van der Waals surface area contributed by atoms with Gasteiger partial charge < -0.3 is 10.6 Å². The van der Waals surface area contributed by atoms with Gasteiger partial charge in [0.25, 0.3) is 0 Å². The lowest BCUT2D eigenvalue weighted by Crippen LogP contribution is -2.45. The fourth-order valence-corrected chi connectivity index (χ4v) is 3.96. The smallest absolute Gasteiger partial charge is 0.242 e. The van der Waals surface area contributed by atoms with Gasteiger partial charge in [-0.2, -0.15) is 0 Å². The third-order valence-corrected chi connectivity index (χ3v) is 5.78. The Morgan fingerprint density at radius 1 is 1.07 bits per heavy atom. The lowest BCUT2D eigenvalue weighted by Gasteiger charge is -2.14. The minimum Gasteiger partial charge on any atom is -0.350 e. The van der Waals surface area contributed by atoms with Crippen molar-refractivity contribution in [3.63, 3.8) is 0 Å². The van der Waals surface area contributed by atoms with Crippen molar-refractivity contribution in [1.29, 1.82) is 0 Å². The first kappa shape index (κ1) is 22.1. The molecule has 0 spiro atoms. The summed E-state index contributed by atoms with van der Waals surface area (Å²) in [6, 6.07) is 15.0. The summed E-state index contributed by atoms with van der Waals surface area (Å²) in [5, 5.41) is 5.30. The molecule has 0 aliphatic carbocycles. The van der Waals surface area contributed by atoms with Gasteiger partial charge in [-0.1, -0.05) is 52.3 Å². The van der Waals surface area contributed by atoms with Gasteiger partial charge in [-0.3, -0.25) is 9.59 Å². The molecule has 0 saturated heterocycles. The van der Waals surface area contributed by atoms with E-state index < -0.39 is 22.0 Å². The number of nitrogens with one attached hydrogen (secondary N) is 3. The van der Waals surface area contributed by atoms with Crippen molar-refractivity contribution >= 4 is 37.8 Å². The predicted octanol–water partition coefficient (Wildman–Crippen LogP) is 1.94. The van der Waals surface area contributed by atoms with Crippen molar-refractivity contribution in [2.24, 2.45) is 0 Å². The third kappa shape index (κ3) is 7.06. The molecule has 0 aliphatic heterocycles. The van der Waals surface area contributed by atoms with Crippen LogP contribution in [0.2, 0.25) is 0 Å². The van der Waals surface area contributed by atoms with Crippen LogP contribution in [-0.2, 0) is 26.2 Å². The molecule has 0 aromatic heterocycles. The molecule has 0 radical (unpaired) electrons. The van der Waals surface area contributed by atoms with Gasteiger partial charge in [0.2, 0.25) is 21.8 Å². The molecule has 3 N–H and O–H groups in total. The molecule has 7 nitrogen and oxygen atoms in total. The Labute approximate surface area is 173 Å². The zero-order valence-electron chi connectivity index (χ0n) is 15.3. The van der Waals surface area contributed by atoms with Gasteiger partial charge in [0.15, 0.2) is 0 Å². The number of carbonyl (C=O) groups is 2. The number of rotatable bonds is 9. The zero-order chi connectivity index (χ0) is 20.6. The van der Waals surface area contributed by atoms with E-state index in [4.69, 9.17) is 0 Å². The van der Waals surface area contributed by atoms with Crippen LogP contribution in [0.4, 0.5) is 0 Å². The van der Waals surface area contributed by atoms with E-state index in [-0.39, 0.29) is 23.8 Å². The molecule has 1 atom stereocenters. The second kappa shape index (κ2) is 10.4. The first-order valence-corrected chi connectivity index (χ1v) is 10.9. The maximum absolute atomic E-state index is 12.2. The highest BCUT2D eigenvalue weighted by molar-refractivity contribution is 9.10. The normalized spacial score (nSPS) is 12.2. The molecule has 150 valence electrons. The van der Waals surface area contributed by atoms with Crippen LogP contribution in [0, 0.1) is 0 Å². The molecule has 2 aromatic rings. The standard InChI is InChI=1S/C19H22BrN3O4S/c1-14(19(25)21-13-15-6-3-2-4-7-15)23-18(24)10-11-22-28(26,27)17-9-5-8-16(20)12-17/h2-9,12,14,22H,10-11,13H2,1H3,(H,21,25)(H,23,24). The van der Waals surface area contributed by atoms with Crippen molar-refractivity contribution in [3.8, 4) is 0 Å². The SMILES string of the molecule is CC(NC(=O)CCNS(=O)(=O)c1cccc(Br)c1)C(=O)NCc1ccccc1. The molecular formula is C19H22BrN3O4S. The molecular weight excluding hydrogens is 446 g/mol. The largest absolute Gasteiger partial charge is 0.350 e. The maximum Gasteiger partial charge on any atom is 0.242 e. The molecule has 0 saturated carbocycles. The minimum atomic E-state index is -3.70. The molecule has 0 heterocycles. The van der Waals surface area contributed by atoms with Gasteiger partial charge in [-0.15, -0.1) is 0 Å². The Morgan fingerprint density at radius 2 is 1.79 bits per heavy atom. The maximum atomic E-state index is 12.2. The minimum absolute atomic E-state index is 0.0704. The van der Waals surface area contributed by atoms with E-state index in [2.05, 4.69) is 31.3 Å². The lowest BCUT2D eigenvalue weighted by atomic mass is 10.2. The average molecular weight is 468 g/mol. The molecule has 0 bridgehead atoms. The van der Waals surface area contributed by atoms with Crippen molar-refractivity contribution in [2.45, 2.75) is 30.8 Å². The summed E-state index contributed by atoms with van der Waals surface area (Å²) in [5.41, 5.74) is 0.955. The van der Waals surface area contributed by atoms with Gasteiger partial charge in [0.1, 0.15) is 6.04 Å². The van der Waals surface area contributed by atoms with Gasteiger partial charge in [0.05, 0.1) is 4.90 Å². The summed E-state index contributed by atoms with van der Waals surface area (Å²) in [6.07, 6.45) is -0.0798. The van der Waals surface area contributed by atoms with Gasteiger partial charge in [-0.05, 0) is 30.7 Å². The second-order valence-corrected chi connectivity index (χ2v) is 8.78. The van der Waals surface area contributed by atoms with E-state index in [9.17, 15) is 18.0 Å². The Kier molecular flexibility index (Phi) is 8.16. The van der Waals surface area contributed by atoms with Crippen LogP contribution in [0.1, 0.15) is 18.9 Å². The highest BCUT2D eigenvalue weighted by atomic mass is 79.9. The number of hydrogen-bond donors (Lipinski definition) is 3. The Balaban J connectivity index is 1.74. The summed E-state index contributed by atoms with van der Waals surface area (Å²) >= 11 is 3.22. The van der Waals surface area contributed by atoms with E-state index in [1.54, 1.807) is 19.1 Å². The fraction of sp³-hybridized carbons (Fsp3) is 0.263. The molecule has 1 unspecified atom stereocenters. The van der Waals surface area contributed by atoms with Crippen LogP contribution in [0.5, 0.6) is 0 Å². The highest BCUT2D eigenvalue weighted by Gasteiger charge is 2.17. The summed E-state index contributed by atoms with van der Waals surface area (Å²) in [6.45, 7) is 1.87. The predicted molar refractivity (Wildman–Crippen MR) is 110 cm³/mol. The van der Waals surface area contributed by atoms with Gasteiger partial charge >= 0.3 is 0 Å². The summed E-state index contributed by atoms with van der Waals surface area (Å²) in [4.78, 5) is 24.1. The first-order valence-electron chi connectivity index (χ1n) is 8.64. The quantitative estimate of drug-likeness (QED) is 0.523. The molecule has 2 rings (SSSR count). The van der Waals surface area contributed by atoms with Crippen LogP contribution >= 0.6 is 15.9 Å². The number of sulfonamides is 1. The van der Waals surface area contributed by atoms with E-state index in [0.717, 1.165) is 5.56 Å². The number of hydrogen-bond acceptors (Lipinski definition) is 4. The number of amides is 2. The molecule has 2 aromatic carbocycles.